The lowest BCUT2D eigenvalue weighted by molar-refractivity contribution is -0.127. The quantitative estimate of drug-likeness (QED) is 0.848. The average Bonchev–Trinajstić information content (AvgIpc) is 3.05. The van der Waals surface area contributed by atoms with E-state index in [1.165, 1.54) is 12.1 Å². The van der Waals surface area contributed by atoms with Crippen LogP contribution in [0.25, 0.3) is 5.69 Å². The van der Waals surface area contributed by atoms with E-state index in [-0.39, 0.29) is 30.1 Å². The Balaban J connectivity index is 1.93. The van der Waals surface area contributed by atoms with Crippen molar-refractivity contribution in [1.82, 2.24) is 14.7 Å². The van der Waals surface area contributed by atoms with Crippen LogP contribution in [-0.4, -0.2) is 27.6 Å². The second kappa shape index (κ2) is 5.02. The monoisotopic (exact) mass is 284 g/mol. The zero-order valence-electron chi connectivity index (χ0n) is 11.4. The molecule has 6 heteroatoms. The van der Waals surface area contributed by atoms with Crippen LogP contribution >= 0.6 is 0 Å². The summed E-state index contributed by atoms with van der Waals surface area (Å²) in [6.07, 6.45) is 3.66. The summed E-state index contributed by atoms with van der Waals surface area (Å²) in [7, 11) is 1.69. The van der Waals surface area contributed by atoms with Gasteiger partial charge in [-0.3, -0.25) is 4.79 Å². The van der Waals surface area contributed by atoms with E-state index in [4.69, 9.17) is 0 Å². The molecule has 1 aromatic heterocycles. The number of hydrogen-bond acceptors (Lipinski definition) is 3. The van der Waals surface area contributed by atoms with E-state index in [0.29, 0.717) is 0 Å². The minimum absolute atomic E-state index is 0.0407. The molecule has 0 spiro atoms. The van der Waals surface area contributed by atoms with Crippen LogP contribution in [0, 0.1) is 23.1 Å². The van der Waals surface area contributed by atoms with Gasteiger partial charge in [-0.05, 0) is 24.3 Å². The molecule has 0 bridgehead atoms. The molecular formula is C15H13FN4O. The Bertz CT molecular complexity index is 716. The first-order valence-electron chi connectivity index (χ1n) is 6.56. The van der Waals surface area contributed by atoms with Crippen molar-refractivity contribution in [2.24, 2.45) is 5.92 Å². The van der Waals surface area contributed by atoms with Crippen molar-refractivity contribution in [2.45, 2.75) is 12.5 Å². The molecule has 3 rings (SSSR count). The van der Waals surface area contributed by atoms with Gasteiger partial charge in [-0.2, -0.15) is 10.4 Å². The highest BCUT2D eigenvalue weighted by molar-refractivity contribution is 5.79. The number of hydrogen-bond donors (Lipinski definition) is 0. The summed E-state index contributed by atoms with van der Waals surface area (Å²) in [5, 5.41) is 13.4. The smallest absolute Gasteiger partial charge is 0.224 e. The summed E-state index contributed by atoms with van der Waals surface area (Å²) in [6.45, 7) is 0. The lowest BCUT2D eigenvalue weighted by Gasteiger charge is -2.20. The summed E-state index contributed by atoms with van der Waals surface area (Å²) in [6, 6.07) is 7.87. The Morgan fingerprint density at radius 3 is 2.76 bits per heavy atom. The van der Waals surface area contributed by atoms with Gasteiger partial charge in [-0.25, -0.2) is 9.07 Å². The Kier molecular flexibility index (Phi) is 3.18. The second-order valence-electron chi connectivity index (χ2n) is 5.08. The fourth-order valence-electron chi connectivity index (χ4n) is 2.67. The van der Waals surface area contributed by atoms with E-state index in [2.05, 4.69) is 11.2 Å². The number of carbonyl (C=O) groups excluding carboxylic acids is 1. The van der Waals surface area contributed by atoms with Gasteiger partial charge in [0.2, 0.25) is 5.91 Å². The number of nitriles is 1. The molecule has 0 aliphatic carbocycles. The summed E-state index contributed by atoms with van der Waals surface area (Å²) in [5.74, 6) is -0.716. The van der Waals surface area contributed by atoms with Crippen molar-refractivity contribution < 1.29 is 9.18 Å². The zero-order valence-corrected chi connectivity index (χ0v) is 11.4. The molecule has 2 atom stereocenters. The molecule has 1 aromatic carbocycles. The van der Waals surface area contributed by atoms with Gasteiger partial charge in [-0.1, -0.05) is 0 Å². The van der Waals surface area contributed by atoms with Crippen molar-refractivity contribution >= 4 is 5.91 Å². The number of aromatic nitrogens is 2. The predicted octanol–water partition coefficient (Wildman–Crippen LogP) is 2.05. The molecule has 0 saturated carbocycles. The maximum absolute atomic E-state index is 12.9. The first-order chi connectivity index (χ1) is 10.1. The molecular weight excluding hydrogens is 271 g/mol. The summed E-state index contributed by atoms with van der Waals surface area (Å²) in [4.78, 5) is 13.3. The van der Waals surface area contributed by atoms with Crippen molar-refractivity contribution in [3.05, 3.63) is 48.0 Å². The van der Waals surface area contributed by atoms with Gasteiger partial charge in [0.1, 0.15) is 5.82 Å². The first kappa shape index (κ1) is 13.3. The topological polar surface area (TPSA) is 61.9 Å². The Morgan fingerprint density at radius 1 is 1.38 bits per heavy atom. The molecule has 1 aliphatic rings. The summed E-state index contributed by atoms with van der Waals surface area (Å²) < 4.78 is 14.5. The molecule has 0 N–H and O–H groups in total. The fraction of sp³-hybridized carbons (Fsp3) is 0.267. The molecule has 21 heavy (non-hydrogen) atoms. The average molecular weight is 284 g/mol. The van der Waals surface area contributed by atoms with Crippen LogP contribution < -0.4 is 0 Å². The molecule has 106 valence electrons. The highest BCUT2D eigenvalue weighted by Gasteiger charge is 2.39. The number of halogens is 1. The lowest BCUT2D eigenvalue weighted by atomic mass is 9.97. The molecule has 0 radical (unpaired) electrons. The minimum Gasteiger partial charge on any atom is -0.337 e. The van der Waals surface area contributed by atoms with Crippen LogP contribution in [0.2, 0.25) is 0 Å². The Hall–Kier alpha value is -2.68. The Labute approximate surface area is 121 Å². The second-order valence-corrected chi connectivity index (χ2v) is 5.08. The van der Waals surface area contributed by atoms with E-state index in [9.17, 15) is 14.4 Å². The van der Waals surface area contributed by atoms with Gasteiger partial charge in [0.15, 0.2) is 0 Å². The molecule has 1 fully saturated rings. The fourth-order valence-corrected chi connectivity index (χ4v) is 2.67. The van der Waals surface area contributed by atoms with Gasteiger partial charge in [0.05, 0.1) is 29.9 Å². The molecule has 1 amide bonds. The highest BCUT2D eigenvalue weighted by Crippen LogP contribution is 2.36. The normalized spacial score (nSPS) is 21.6. The maximum Gasteiger partial charge on any atom is 0.224 e. The van der Waals surface area contributed by atoms with E-state index in [0.717, 1.165) is 11.3 Å². The van der Waals surface area contributed by atoms with Crippen molar-refractivity contribution in [2.75, 3.05) is 7.05 Å². The lowest BCUT2D eigenvalue weighted by Crippen LogP contribution is -2.23. The minimum atomic E-state index is -0.367. The third-order valence-corrected chi connectivity index (χ3v) is 3.79. The molecule has 1 aliphatic heterocycles. The van der Waals surface area contributed by atoms with Crippen LogP contribution in [0.5, 0.6) is 0 Å². The molecule has 2 aromatic rings. The first-order valence-corrected chi connectivity index (χ1v) is 6.56. The van der Waals surface area contributed by atoms with Crippen LogP contribution in [0.4, 0.5) is 4.39 Å². The van der Waals surface area contributed by atoms with Crippen LogP contribution in [0.1, 0.15) is 18.0 Å². The third kappa shape index (κ3) is 2.27. The van der Waals surface area contributed by atoms with E-state index >= 15 is 0 Å². The third-order valence-electron chi connectivity index (χ3n) is 3.79. The number of amides is 1. The molecule has 5 nitrogen and oxygen atoms in total. The number of nitrogens with zero attached hydrogens (tertiary/aromatic N) is 4. The van der Waals surface area contributed by atoms with Crippen LogP contribution in [0.3, 0.4) is 0 Å². The van der Waals surface area contributed by atoms with Gasteiger partial charge in [-0.15, -0.1) is 0 Å². The van der Waals surface area contributed by atoms with E-state index in [1.54, 1.807) is 41.2 Å². The standard InChI is InChI=1S/C15H13FN4O/c1-19-14(21)6-10(7-17)15(19)11-8-18-20(9-11)13-4-2-12(16)3-5-13/h2-5,8-10,15H,6H2,1H3. The zero-order chi connectivity index (χ0) is 15.0. The van der Waals surface area contributed by atoms with Crippen molar-refractivity contribution in [3.8, 4) is 11.8 Å². The molecule has 2 unspecified atom stereocenters. The van der Waals surface area contributed by atoms with Crippen LogP contribution in [0.15, 0.2) is 36.7 Å². The highest BCUT2D eigenvalue weighted by atomic mass is 19.1. The largest absolute Gasteiger partial charge is 0.337 e. The number of rotatable bonds is 2. The van der Waals surface area contributed by atoms with E-state index < -0.39 is 0 Å². The molecule has 2 heterocycles. The number of carbonyl (C=O) groups is 1. The van der Waals surface area contributed by atoms with Gasteiger partial charge in [0.25, 0.3) is 0 Å². The maximum atomic E-state index is 12.9. The molecule has 1 saturated heterocycles. The van der Waals surface area contributed by atoms with Crippen molar-refractivity contribution in [3.63, 3.8) is 0 Å². The SMILES string of the molecule is CN1C(=O)CC(C#N)C1c1cnn(-c2ccc(F)cc2)c1. The van der Waals surface area contributed by atoms with Gasteiger partial charge < -0.3 is 4.90 Å². The Morgan fingerprint density at radius 2 is 2.10 bits per heavy atom. The van der Waals surface area contributed by atoms with E-state index in [1.807, 2.05) is 0 Å². The predicted molar refractivity (Wildman–Crippen MR) is 72.8 cm³/mol. The summed E-state index contributed by atoms with van der Waals surface area (Å²) >= 11 is 0. The van der Waals surface area contributed by atoms with Gasteiger partial charge >= 0.3 is 0 Å². The van der Waals surface area contributed by atoms with Crippen LogP contribution in [-0.2, 0) is 4.79 Å². The van der Waals surface area contributed by atoms with Gasteiger partial charge in [0, 0.05) is 25.2 Å². The number of benzene rings is 1. The van der Waals surface area contributed by atoms with Crippen molar-refractivity contribution in [1.29, 1.82) is 5.26 Å². The number of likely N-dealkylation sites (tertiary alicyclic amines) is 1. The summed E-state index contributed by atoms with van der Waals surface area (Å²) in [5.41, 5.74) is 1.53.